The Bertz CT molecular complexity index is 511. The van der Waals surface area contributed by atoms with Gasteiger partial charge in [0, 0.05) is 0 Å². The molecule has 0 bridgehead atoms. The van der Waals surface area contributed by atoms with Crippen molar-refractivity contribution in [2.75, 3.05) is 0 Å². The van der Waals surface area contributed by atoms with E-state index in [1.807, 2.05) is 6.92 Å². The Labute approximate surface area is 144 Å². The third-order valence-corrected chi connectivity index (χ3v) is 5.34. The number of hydrogen-bond acceptors (Lipinski definition) is 2. The zero-order chi connectivity index (χ0) is 17.5. The molecule has 0 heterocycles. The summed E-state index contributed by atoms with van der Waals surface area (Å²) in [7, 11) is 0. The quantitative estimate of drug-likeness (QED) is 0.570. The van der Waals surface area contributed by atoms with Gasteiger partial charge >= 0.3 is 0 Å². The van der Waals surface area contributed by atoms with Crippen molar-refractivity contribution in [3.05, 3.63) is 23.8 Å². The van der Waals surface area contributed by atoms with Gasteiger partial charge in [-0.3, -0.25) is 0 Å². The third kappa shape index (κ3) is 4.84. The van der Waals surface area contributed by atoms with Crippen molar-refractivity contribution in [2.24, 2.45) is 11.8 Å². The summed E-state index contributed by atoms with van der Waals surface area (Å²) in [5, 5.41) is 9.21. The van der Waals surface area contributed by atoms with Crippen LogP contribution in [0.25, 0.3) is 0 Å². The van der Waals surface area contributed by atoms with Crippen LogP contribution in [0.5, 0.6) is 11.5 Å². The summed E-state index contributed by atoms with van der Waals surface area (Å²) in [5.41, 5.74) is 0. The molecule has 1 aromatic carbocycles. The van der Waals surface area contributed by atoms with Gasteiger partial charge in [0.1, 0.15) is 6.10 Å². The van der Waals surface area contributed by atoms with E-state index in [1.165, 1.54) is 44.6 Å². The average molecular weight is 340 g/mol. The minimum absolute atomic E-state index is 0.0952. The highest BCUT2D eigenvalue weighted by molar-refractivity contribution is 5.34. The zero-order valence-corrected chi connectivity index (χ0v) is 14.9. The van der Waals surface area contributed by atoms with Crippen LogP contribution in [0.4, 0.5) is 8.78 Å². The van der Waals surface area contributed by atoms with Crippen LogP contribution in [0.15, 0.2) is 12.1 Å². The summed E-state index contributed by atoms with van der Waals surface area (Å²) in [4.78, 5) is 0. The Morgan fingerprint density at radius 2 is 1.79 bits per heavy atom. The van der Waals surface area contributed by atoms with Crippen molar-refractivity contribution in [1.82, 2.24) is 0 Å². The van der Waals surface area contributed by atoms with E-state index >= 15 is 0 Å². The lowest BCUT2D eigenvalue weighted by Gasteiger charge is -2.33. The molecule has 0 aliphatic heterocycles. The summed E-state index contributed by atoms with van der Waals surface area (Å²) in [6, 6.07) is 2.46. The van der Waals surface area contributed by atoms with E-state index in [-0.39, 0.29) is 11.9 Å². The lowest BCUT2D eigenvalue weighted by atomic mass is 9.77. The number of aromatic hydroxyl groups is 1. The topological polar surface area (TPSA) is 29.5 Å². The SMILES string of the molecule is CCCCCC1CCC(C(CC)Oc2ccc(O)c(F)c2F)CC1. The number of rotatable bonds is 8. The molecule has 1 atom stereocenters. The number of unbranched alkanes of at least 4 members (excludes halogenated alkanes) is 2. The molecule has 0 saturated heterocycles. The number of phenolic OH excluding ortho intramolecular Hbond substituents is 1. The van der Waals surface area contributed by atoms with Crippen molar-refractivity contribution in [1.29, 1.82) is 0 Å². The van der Waals surface area contributed by atoms with E-state index in [1.54, 1.807) is 0 Å². The van der Waals surface area contributed by atoms with Gasteiger partial charge in [0.15, 0.2) is 11.5 Å². The summed E-state index contributed by atoms with van der Waals surface area (Å²) in [6.45, 7) is 4.25. The van der Waals surface area contributed by atoms with Crippen molar-refractivity contribution in [3.63, 3.8) is 0 Å². The van der Waals surface area contributed by atoms with Crippen molar-refractivity contribution in [3.8, 4) is 11.5 Å². The van der Waals surface area contributed by atoms with Crippen LogP contribution in [-0.2, 0) is 0 Å². The summed E-state index contributed by atoms with van der Waals surface area (Å²) < 4.78 is 33.2. The number of hydrogen-bond donors (Lipinski definition) is 1. The zero-order valence-electron chi connectivity index (χ0n) is 14.9. The molecule has 1 N–H and O–H groups in total. The largest absolute Gasteiger partial charge is 0.505 e. The first-order chi connectivity index (χ1) is 11.6. The van der Waals surface area contributed by atoms with Crippen LogP contribution >= 0.6 is 0 Å². The van der Waals surface area contributed by atoms with Gasteiger partial charge in [-0.15, -0.1) is 0 Å². The molecular weight excluding hydrogens is 310 g/mol. The van der Waals surface area contributed by atoms with Gasteiger partial charge in [-0.05, 0) is 43.2 Å². The van der Waals surface area contributed by atoms with Crippen LogP contribution in [0.3, 0.4) is 0 Å². The van der Waals surface area contributed by atoms with E-state index in [4.69, 9.17) is 4.74 Å². The average Bonchev–Trinajstić information content (AvgIpc) is 2.60. The van der Waals surface area contributed by atoms with E-state index < -0.39 is 17.4 Å². The molecule has 1 saturated carbocycles. The Morgan fingerprint density at radius 1 is 1.08 bits per heavy atom. The summed E-state index contributed by atoms with van der Waals surface area (Å²) in [6.07, 6.45) is 10.5. The molecule has 1 unspecified atom stereocenters. The second-order valence-corrected chi connectivity index (χ2v) is 7.05. The summed E-state index contributed by atoms with van der Waals surface area (Å²) in [5.74, 6) is -1.90. The van der Waals surface area contributed by atoms with E-state index in [0.29, 0.717) is 5.92 Å². The van der Waals surface area contributed by atoms with Crippen molar-refractivity contribution >= 4 is 0 Å². The first kappa shape index (κ1) is 19.0. The highest BCUT2D eigenvalue weighted by Crippen LogP contribution is 2.37. The predicted molar refractivity (Wildman–Crippen MR) is 92.3 cm³/mol. The number of benzene rings is 1. The molecule has 24 heavy (non-hydrogen) atoms. The molecule has 0 spiro atoms. The fourth-order valence-electron chi connectivity index (χ4n) is 3.82. The standard InChI is InChI=1S/C20H30F2O2/c1-3-5-6-7-14-8-10-15(11-9-14)17(4-2)24-18-13-12-16(23)19(21)20(18)22/h12-15,17,23H,3-11H2,1-2H3. The summed E-state index contributed by atoms with van der Waals surface area (Å²) >= 11 is 0. The van der Waals surface area contributed by atoms with Crippen LogP contribution < -0.4 is 4.74 Å². The van der Waals surface area contributed by atoms with Crippen molar-refractivity contribution < 1.29 is 18.6 Å². The molecule has 1 fully saturated rings. The van der Waals surface area contributed by atoms with E-state index in [0.717, 1.165) is 31.2 Å². The third-order valence-electron chi connectivity index (χ3n) is 5.34. The smallest absolute Gasteiger partial charge is 0.204 e. The van der Waals surface area contributed by atoms with Gasteiger partial charge in [0.05, 0.1) is 0 Å². The molecule has 1 aliphatic carbocycles. The van der Waals surface area contributed by atoms with Gasteiger partial charge in [-0.25, -0.2) is 0 Å². The number of halogens is 2. The monoisotopic (exact) mass is 340 g/mol. The van der Waals surface area contributed by atoms with Crippen molar-refractivity contribution in [2.45, 2.75) is 77.7 Å². The highest BCUT2D eigenvalue weighted by atomic mass is 19.2. The lowest BCUT2D eigenvalue weighted by Crippen LogP contribution is -2.30. The Morgan fingerprint density at radius 3 is 2.42 bits per heavy atom. The Kier molecular flexibility index (Phi) is 7.32. The molecule has 2 nitrogen and oxygen atoms in total. The maximum Gasteiger partial charge on any atom is 0.204 e. The maximum atomic E-state index is 13.9. The lowest BCUT2D eigenvalue weighted by molar-refractivity contribution is 0.0850. The molecule has 0 amide bonds. The molecule has 0 radical (unpaired) electrons. The van der Waals surface area contributed by atoms with Crippen LogP contribution in [0.2, 0.25) is 0 Å². The molecule has 2 rings (SSSR count). The first-order valence-corrected chi connectivity index (χ1v) is 9.40. The maximum absolute atomic E-state index is 13.9. The fourth-order valence-corrected chi connectivity index (χ4v) is 3.82. The molecule has 136 valence electrons. The first-order valence-electron chi connectivity index (χ1n) is 9.40. The molecule has 1 aliphatic rings. The number of phenols is 1. The van der Waals surface area contributed by atoms with Crippen LogP contribution in [0.1, 0.15) is 71.6 Å². The second kappa shape index (κ2) is 9.24. The Balaban J connectivity index is 1.90. The minimum Gasteiger partial charge on any atom is -0.505 e. The van der Waals surface area contributed by atoms with Crippen LogP contribution in [-0.4, -0.2) is 11.2 Å². The van der Waals surface area contributed by atoms with Gasteiger partial charge in [-0.2, -0.15) is 8.78 Å². The second-order valence-electron chi connectivity index (χ2n) is 7.05. The van der Waals surface area contributed by atoms with Gasteiger partial charge in [0.25, 0.3) is 0 Å². The minimum atomic E-state index is -1.23. The molecule has 0 aromatic heterocycles. The van der Waals surface area contributed by atoms with Gasteiger partial charge in [0.2, 0.25) is 11.6 Å². The molecule has 4 heteroatoms. The fraction of sp³-hybridized carbons (Fsp3) is 0.700. The highest BCUT2D eigenvalue weighted by Gasteiger charge is 2.29. The Hall–Kier alpha value is -1.32. The van der Waals surface area contributed by atoms with Gasteiger partial charge < -0.3 is 9.84 Å². The van der Waals surface area contributed by atoms with Crippen LogP contribution in [0, 0.1) is 23.5 Å². The normalized spacial score (nSPS) is 22.3. The molecule has 1 aromatic rings. The predicted octanol–water partition coefficient (Wildman–Crippen LogP) is 6.21. The van der Waals surface area contributed by atoms with E-state index in [2.05, 4.69) is 6.92 Å². The number of ether oxygens (including phenoxy) is 1. The van der Waals surface area contributed by atoms with Gasteiger partial charge in [-0.1, -0.05) is 52.4 Å². The molecular formula is C20H30F2O2. The van der Waals surface area contributed by atoms with E-state index in [9.17, 15) is 13.9 Å².